The largest absolute Gasteiger partial charge is 0.478 e. The predicted molar refractivity (Wildman–Crippen MR) is 77.8 cm³/mol. The average molecular weight is 261 g/mol. The Balaban J connectivity index is 1.97. The zero-order valence-electron chi connectivity index (χ0n) is 11.8. The Labute approximate surface area is 115 Å². The molecule has 1 aromatic rings. The second-order valence-corrected chi connectivity index (χ2v) is 5.86. The van der Waals surface area contributed by atoms with Gasteiger partial charge in [-0.2, -0.15) is 0 Å². The molecule has 0 atom stereocenters. The van der Waals surface area contributed by atoms with Crippen LogP contribution in [0.3, 0.4) is 0 Å². The highest BCUT2D eigenvalue weighted by molar-refractivity contribution is 5.94. The first-order chi connectivity index (χ1) is 9.06. The van der Waals surface area contributed by atoms with Crippen molar-refractivity contribution in [3.8, 4) is 0 Å². The van der Waals surface area contributed by atoms with Crippen LogP contribution in [-0.4, -0.2) is 17.6 Å². The van der Waals surface area contributed by atoms with Crippen molar-refractivity contribution in [3.05, 3.63) is 29.3 Å². The maximum atomic E-state index is 11.2. The van der Waals surface area contributed by atoms with E-state index in [1.165, 1.54) is 25.7 Å². The van der Waals surface area contributed by atoms with Gasteiger partial charge in [-0.25, -0.2) is 4.79 Å². The number of carboxylic acid groups (broad SMARTS) is 1. The van der Waals surface area contributed by atoms with E-state index >= 15 is 0 Å². The number of aryl methyl sites for hydroxylation is 1. The molecule has 0 amide bonds. The van der Waals surface area contributed by atoms with Crippen LogP contribution in [0, 0.1) is 18.8 Å². The van der Waals surface area contributed by atoms with Gasteiger partial charge in [0, 0.05) is 12.2 Å². The fourth-order valence-electron chi connectivity index (χ4n) is 2.78. The molecule has 104 valence electrons. The van der Waals surface area contributed by atoms with Crippen molar-refractivity contribution in [2.24, 2.45) is 11.8 Å². The fraction of sp³-hybridized carbons (Fsp3) is 0.562. The number of carboxylic acids is 1. The van der Waals surface area contributed by atoms with E-state index in [-0.39, 0.29) is 0 Å². The minimum Gasteiger partial charge on any atom is -0.478 e. The van der Waals surface area contributed by atoms with Crippen LogP contribution in [0.25, 0.3) is 0 Å². The third kappa shape index (κ3) is 3.72. The molecule has 19 heavy (non-hydrogen) atoms. The first-order valence-corrected chi connectivity index (χ1v) is 7.14. The van der Waals surface area contributed by atoms with E-state index < -0.39 is 5.97 Å². The highest BCUT2D eigenvalue weighted by Gasteiger charge is 2.18. The number of rotatable bonds is 4. The van der Waals surface area contributed by atoms with Crippen LogP contribution < -0.4 is 5.32 Å². The summed E-state index contributed by atoms with van der Waals surface area (Å²) in [5, 5.41) is 12.5. The Kier molecular flexibility index (Phi) is 4.46. The summed E-state index contributed by atoms with van der Waals surface area (Å²) in [6.07, 6.45) is 5.10. The quantitative estimate of drug-likeness (QED) is 0.863. The Morgan fingerprint density at radius 2 is 2.00 bits per heavy atom. The van der Waals surface area contributed by atoms with Crippen molar-refractivity contribution < 1.29 is 9.90 Å². The number of nitrogens with one attached hydrogen (secondary N) is 1. The van der Waals surface area contributed by atoms with Gasteiger partial charge in [-0.05, 0) is 43.7 Å². The van der Waals surface area contributed by atoms with Gasteiger partial charge in [-0.1, -0.05) is 31.4 Å². The predicted octanol–water partition coefficient (Wildman–Crippen LogP) is 3.93. The smallest absolute Gasteiger partial charge is 0.337 e. The molecular weight excluding hydrogens is 238 g/mol. The molecule has 3 nitrogen and oxygen atoms in total. The zero-order valence-corrected chi connectivity index (χ0v) is 11.8. The number of hydrogen-bond donors (Lipinski definition) is 2. The number of benzene rings is 1. The van der Waals surface area contributed by atoms with Gasteiger partial charge in [0.05, 0.1) is 5.56 Å². The molecule has 1 fully saturated rings. The summed E-state index contributed by atoms with van der Waals surface area (Å²) < 4.78 is 0. The summed E-state index contributed by atoms with van der Waals surface area (Å²) in [5.74, 6) is 0.674. The summed E-state index contributed by atoms with van der Waals surface area (Å²) in [4.78, 5) is 11.2. The summed E-state index contributed by atoms with van der Waals surface area (Å²) in [5.41, 5.74) is 2.11. The van der Waals surface area contributed by atoms with E-state index in [1.54, 1.807) is 6.07 Å². The van der Waals surface area contributed by atoms with Crippen LogP contribution in [0.5, 0.6) is 0 Å². The van der Waals surface area contributed by atoms with Gasteiger partial charge in [0.15, 0.2) is 0 Å². The monoisotopic (exact) mass is 261 g/mol. The Hall–Kier alpha value is -1.51. The average Bonchev–Trinajstić information content (AvgIpc) is 2.39. The maximum Gasteiger partial charge on any atom is 0.337 e. The van der Waals surface area contributed by atoms with E-state index in [2.05, 4.69) is 12.2 Å². The molecule has 1 aliphatic carbocycles. The van der Waals surface area contributed by atoms with Crippen LogP contribution in [0.1, 0.15) is 48.5 Å². The summed E-state index contributed by atoms with van der Waals surface area (Å²) >= 11 is 0. The zero-order chi connectivity index (χ0) is 13.8. The molecule has 1 aliphatic rings. The number of carbonyl (C=O) groups is 1. The first kappa shape index (κ1) is 13.9. The van der Waals surface area contributed by atoms with Crippen LogP contribution in [0.2, 0.25) is 0 Å². The van der Waals surface area contributed by atoms with Crippen molar-refractivity contribution in [1.29, 1.82) is 0 Å². The van der Waals surface area contributed by atoms with Crippen molar-refractivity contribution >= 4 is 11.7 Å². The lowest BCUT2D eigenvalue weighted by atomic mass is 9.83. The molecule has 0 radical (unpaired) electrons. The molecule has 0 unspecified atom stereocenters. The van der Waals surface area contributed by atoms with Gasteiger partial charge in [0.25, 0.3) is 0 Å². The van der Waals surface area contributed by atoms with Crippen molar-refractivity contribution in [3.63, 3.8) is 0 Å². The lowest BCUT2D eigenvalue weighted by molar-refractivity contribution is 0.0698. The Morgan fingerprint density at radius 3 is 2.63 bits per heavy atom. The highest BCUT2D eigenvalue weighted by Crippen LogP contribution is 2.29. The molecule has 0 aromatic heterocycles. The fourth-order valence-corrected chi connectivity index (χ4v) is 2.78. The van der Waals surface area contributed by atoms with Gasteiger partial charge in [-0.15, -0.1) is 0 Å². The van der Waals surface area contributed by atoms with E-state index in [0.717, 1.165) is 23.7 Å². The normalized spacial score (nSPS) is 23.1. The SMILES string of the molecule is Cc1ccc(NCC2CCC(C)CC2)c(C(=O)O)c1. The molecule has 2 rings (SSSR count). The second kappa shape index (κ2) is 6.09. The molecule has 3 heteroatoms. The van der Waals surface area contributed by atoms with Gasteiger partial charge in [0.1, 0.15) is 0 Å². The van der Waals surface area contributed by atoms with Gasteiger partial charge >= 0.3 is 5.97 Å². The van der Waals surface area contributed by atoms with Crippen LogP contribution in [-0.2, 0) is 0 Å². The number of aromatic carboxylic acids is 1. The minimum absolute atomic E-state index is 0.379. The molecule has 2 N–H and O–H groups in total. The molecular formula is C16H23NO2. The molecule has 0 heterocycles. The molecule has 1 aromatic carbocycles. The standard InChI is InChI=1S/C16H23NO2/c1-11-3-6-13(7-4-11)10-17-15-8-5-12(2)9-14(15)16(18)19/h5,8-9,11,13,17H,3-4,6-7,10H2,1-2H3,(H,18,19). The van der Waals surface area contributed by atoms with Crippen molar-refractivity contribution in [1.82, 2.24) is 0 Å². The molecule has 1 saturated carbocycles. The second-order valence-electron chi connectivity index (χ2n) is 5.86. The van der Waals surface area contributed by atoms with Gasteiger partial charge < -0.3 is 10.4 Å². The van der Waals surface area contributed by atoms with Gasteiger partial charge in [0.2, 0.25) is 0 Å². The molecule has 0 aliphatic heterocycles. The van der Waals surface area contributed by atoms with E-state index in [4.69, 9.17) is 0 Å². The topological polar surface area (TPSA) is 49.3 Å². The molecule has 0 bridgehead atoms. The molecule has 0 saturated heterocycles. The van der Waals surface area contributed by atoms with Crippen LogP contribution in [0.4, 0.5) is 5.69 Å². The number of anilines is 1. The summed E-state index contributed by atoms with van der Waals surface area (Å²) in [6.45, 7) is 5.11. The molecule has 0 spiro atoms. The third-order valence-corrected chi connectivity index (χ3v) is 4.12. The van der Waals surface area contributed by atoms with E-state index in [9.17, 15) is 9.90 Å². The Morgan fingerprint density at radius 1 is 1.32 bits per heavy atom. The summed E-state index contributed by atoms with van der Waals surface area (Å²) in [6, 6.07) is 5.57. The van der Waals surface area contributed by atoms with Gasteiger partial charge in [-0.3, -0.25) is 0 Å². The van der Waals surface area contributed by atoms with E-state index in [0.29, 0.717) is 11.5 Å². The van der Waals surface area contributed by atoms with Crippen LogP contribution >= 0.6 is 0 Å². The van der Waals surface area contributed by atoms with Crippen molar-refractivity contribution in [2.75, 3.05) is 11.9 Å². The minimum atomic E-state index is -0.858. The Bertz CT molecular complexity index is 448. The van der Waals surface area contributed by atoms with E-state index in [1.807, 2.05) is 19.1 Å². The first-order valence-electron chi connectivity index (χ1n) is 7.14. The number of hydrogen-bond acceptors (Lipinski definition) is 2. The maximum absolute atomic E-state index is 11.2. The third-order valence-electron chi connectivity index (χ3n) is 4.12. The highest BCUT2D eigenvalue weighted by atomic mass is 16.4. The van der Waals surface area contributed by atoms with Crippen molar-refractivity contribution in [2.45, 2.75) is 39.5 Å². The van der Waals surface area contributed by atoms with Crippen LogP contribution in [0.15, 0.2) is 18.2 Å². The lowest BCUT2D eigenvalue weighted by Gasteiger charge is -2.26. The summed E-state index contributed by atoms with van der Waals surface area (Å²) in [7, 11) is 0. The lowest BCUT2D eigenvalue weighted by Crippen LogP contribution is -2.21.